The summed E-state index contributed by atoms with van der Waals surface area (Å²) in [5.74, 6) is -1.57. The first kappa shape index (κ1) is 30.1. The second-order valence-electron chi connectivity index (χ2n) is 6.45. The Balaban J connectivity index is 3.71. The van der Waals surface area contributed by atoms with Crippen LogP contribution >= 0.6 is 11.8 Å². The van der Waals surface area contributed by atoms with Crippen molar-refractivity contribution >= 4 is 35.6 Å². The number of ether oxygens (including phenoxy) is 5. The normalized spacial score (nSPS) is 12.6. The maximum atomic E-state index is 12.0. The SMILES string of the molecule is CC(=O)OC[C@H](CSC[C@H](N)C(=O)NCCOCCOCCOCCC(=O)O)OC(C)=O. The van der Waals surface area contributed by atoms with Crippen molar-refractivity contribution in [3.8, 4) is 0 Å². The van der Waals surface area contributed by atoms with Crippen molar-refractivity contribution in [2.24, 2.45) is 5.73 Å². The zero-order chi connectivity index (χ0) is 24.2. The molecule has 0 aromatic rings. The molecule has 2 atom stereocenters. The molecule has 32 heavy (non-hydrogen) atoms. The predicted octanol–water partition coefficient (Wildman–Crippen LogP) is -0.818. The van der Waals surface area contributed by atoms with Crippen molar-refractivity contribution in [1.29, 1.82) is 0 Å². The molecule has 0 aromatic heterocycles. The minimum Gasteiger partial charge on any atom is -0.481 e. The highest BCUT2D eigenvalue weighted by molar-refractivity contribution is 7.99. The Morgan fingerprint density at radius 1 is 0.906 bits per heavy atom. The van der Waals surface area contributed by atoms with Crippen LogP contribution in [0.4, 0.5) is 0 Å². The highest BCUT2D eigenvalue weighted by atomic mass is 32.2. The number of hydrogen-bond donors (Lipinski definition) is 3. The zero-order valence-corrected chi connectivity index (χ0v) is 19.4. The number of aliphatic carboxylic acids is 1. The maximum Gasteiger partial charge on any atom is 0.305 e. The van der Waals surface area contributed by atoms with E-state index in [1.54, 1.807) is 0 Å². The fourth-order valence-corrected chi connectivity index (χ4v) is 3.01. The molecule has 0 unspecified atom stereocenters. The average molecular weight is 483 g/mol. The number of amides is 1. The van der Waals surface area contributed by atoms with E-state index < -0.39 is 30.1 Å². The van der Waals surface area contributed by atoms with Gasteiger partial charge in [-0.2, -0.15) is 11.8 Å². The molecule has 4 N–H and O–H groups in total. The van der Waals surface area contributed by atoms with Gasteiger partial charge < -0.3 is 39.8 Å². The van der Waals surface area contributed by atoms with E-state index in [9.17, 15) is 19.2 Å². The second-order valence-corrected chi connectivity index (χ2v) is 7.52. The Bertz CT molecular complexity index is 564. The third kappa shape index (κ3) is 20.0. The first-order chi connectivity index (χ1) is 15.2. The summed E-state index contributed by atoms with van der Waals surface area (Å²) >= 11 is 1.31. The highest BCUT2D eigenvalue weighted by Gasteiger charge is 2.17. The van der Waals surface area contributed by atoms with Gasteiger partial charge in [0.15, 0.2) is 0 Å². The first-order valence-electron chi connectivity index (χ1n) is 10.1. The van der Waals surface area contributed by atoms with E-state index in [1.165, 1.54) is 25.6 Å². The number of esters is 2. The highest BCUT2D eigenvalue weighted by Crippen LogP contribution is 2.08. The molecule has 0 rings (SSSR count). The van der Waals surface area contributed by atoms with E-state index in [-0.39, 0.29) is 32.1 Å². The number of carboxylic acid groups (broad SMARTS) is 1. The Labute approximate surface area is 191 Å². The topological polar surface area (TPSA) is 173 Å². The Hall–Kier alpha value is -1.93. The van der Waals surface area contributed by atoms with E-state index in [4.69, 9.17) is 34.5 Å². The number of carbonyl (C=O) groups excluding carboxylic acids is 3. The molecular weight excluding hydrogens is 448 g/mol. The summed E-state index contributed by atoms with van der Waals surface area (Å²) in [6, 6.07) is -0.754. The standard InChI is InChI=1S/C19H34N2O10S/c1-14(22)30-11-16(31-15(2)23)12-32-13-17(20)19(26)21-4-6-28-8-10-29-9-7-27-5-3-18(24)25/h16-17H,3-13,20H2,1-2H3,(H,21,26)(H,24,25)/t16-,17+/m1/s1. The van der Waals surface area contributed by atoms with E-state index in [0.29, 0.717) is 44.5 Å². The number of nitrogens with one attached hydrogen (secondary N) is 1. The Morgan fingerprint density at radius 3 is 2.06 bits per heavy atom. The van der Waals surface area contributed by atoms with Gasteiger partial charge in [-0.1, -0.05) is 0 Å². The van der Waals surface area contributed by atoms with Crippen molar-refractivity contribution in [2.75, 3.05) is 64.3 Å². The van der Waals surface area contributed by atoms with Crippen molar-refractivity contribution in [3.05, 3.63) is 0 Å². The number of carboxylic acids is 1. The van der Waals surface area contributed by atoms with E-state index >= 15 is 0 Å². The molecular formula is C19H34N2O10S. The smallest absolute Gasteiger partial charge is 0.305 e. The van der Waals surface area contributed by atoms with Gasteiger partial charge in [-0.25, -0.2) is 0 Å². The molecule has 0 aromatic carbocycles. The summed E-state index contributed by atoms with van der Waals surface area (Å²) in [7, 11) is 0. The van der Waals surface area contributed by atoms with Gasteiger partial charge in [-0.3, -0.25) is 19.2 Å². The van der Waals surface area contributed by atoms with Gasteiger partial charge in [0, 0.05) is 31.9 Å². The molecule has 0 aliphatic carbocycles. The summed E-state index contributed by atoms with van der Waals surface area (Å²) in [5, 5.41) is 11.1. The van der Waals surface area contributed by atoms with Crippen LogP contribution in [0.25, 0.3) is 0 Å². The predicted molar refractivity (Wildman–Crippen MR) is 115 cm³/mol. The summed E-state index contributed by atoms with van der Waals surface area (Å²) in [5.41, 5.74) is 5.84. The summed E-state index contributed by atoms with van der Waals surface area (Å²) in [4.78, 5) is 44.3. The zero-order valence-electron chi connectivity index (χ0n) is 18.5. The van der Waals surface area contributed by atoms with Crippen molar-refractivity contribution in [2.45, 2.75) is 32.4 Å². The molecule has 0 aliphatic rings. The van der Waals surface area contributed by atoms with Crippen LogP contribution in [0.3, 0.4) is 0 Å². The van der Waals surface area contributed by atoms with E-state index in [1.807, 2.05) is 0 Å². The average Bonchev–Trinajstić information content (AvgIpc) is 2.71. The monoisotopic (exact) mass is 482 g/mol. The first-order valence-corrected chi connectivity index (χ1v) is 11.2. The largest absolute Gasteiger partial charge is 0.481 e. The van der Waals surface area contributed by atoms with Gasteiger partial charge in [-0.15, -0.1) is 0 Å². The minimum absolute atomic E-state index is 0.0396. The Kier molecular flexibility index (Phi) is 18.5. The third-order valence-corrected chi connectivity index (χ3v) is 4.70. The lowest BCUT2D eigenvalue weighted by Gasteiger charge is -2.17. The number of hydrogen-bond acceptors (Lipinski definition) is 11. The summed E-state index contributed by atoms with van der Waals surface area (Å²) in [6.07, 6.45) is -0.647. The molecule has 0 spiro atoms. The maximum absolute atomic E-state index is 12.0. The van der Waals surface area contributed by atoms with Crippen molar-refractivity contribution < 1.29 is 48.0 Å². The van der Waals surface area contributed by atoms with Crippen LogP contribution in [0.2, 0.25) is 0 Å². The van der Waals surface area contributed by atoms with Crippen LogP contribution in [0.1, 0.15) is 20.3 Å². The molecule has 0 aliphatic heterocycles. The Morgan fingerprint density at radius 2 is 1.50 bits per heavy atom. The molecule has 0 bridgehead atoms. The molecule has 186 valence electrons. The van der Waals surface area contributed by atoms with Crippen LogP contribution in [0.15, 0.2) is 0 Å². The van der Waals surface area contributed by atoms with Gasteiger partial charge in [0.25, 0.3) is 0 Å². The quantitative estimate of drug-likeness (QED) is 0.146. The van der Waals surface area contributed by atoms with Gasteiger partial charge in [0.2, 0.25) is 5.91 Å². The lowest BCUT2D eigenvalue weighted by Crippen LogP contribution is -2.43. The second kappa shape index (κ2) is 19.7. The minimum atomic E-state index is -0.907. The van der Waals surface area contributed by atoms with Crippen LogP contribution in [-0.4, -0.2) is 105 Å². The van der Waals surface area contributed by atoms with Gasteiger partial charge in [0.1, 0.15) is 12.7 Å². The summed E-state index contributed by atoms with van der Waals surface area (Å²) in [6.45, 7) is 4.54. The van der Waals surface area contributed by atoms with E-state index in [2.05, 4.69) is 5.32 Å². The molecule has 0 heterocycles. The van der Waals surface area contributed by atoms with Gasteiger partial charge in [-0.05, 0) is 0 Å². The van der Waals surface area contributed by atoms with Crippen molar-refractivity contribution in [1.82, 2.24) is 5.32 Å². The van der Waals surface area contributed by atoms with Crippen LogP contribution in [0.5, 0.6) is 0 Å². The third-order valence-electron chi connectivity index (χ3n) is 3.49. The molecule has 12 nitrogen and oxygen atoms in total. The van der Waals surface area contributed by atoms with Crippen molar-refractivity contribution in [3.63, 3.8) is 0 Å². The molecule has 0 saturated carbocycles. The molecule has 13 heteroatoms. The summed E-state index contributed by atoms with van der Waals surface area (Å²) < 4.78 is 25.6. The number of thioether (sulfide) groups is 1. The molecule has 0 saturated heterocycles. The lowest BCUT2D eigenvalue weighted by atomic mass is 10.3. The number of carbonyl (C=O) groups is 4. The van der Waals surface area contributed by atoms with Gasteiger partial charge in [0.05, 0.1) is 52.1 Å². The number of nitrogens with two attached hydrogens (primary N) is 1. The van der Waals surface area contributed by atoms with Crippen LogP contribution in [0, 0.1) is 0 Å². The fourth-order valence-electron chi connectivity index (χ4n) is 2.04. The fraction of sp³-hybridized carbons (Fsp3) is 0.789. The molecule has 0 radical (unpaired) electrons. The van der Waals surface area contributed by atoms with Gasteiger partial charge >= 0.3 is 17.9 Å². The van der Waals surface area contributed by atoms with Crippen LogP contribution < -0.4 is 11.1 Å². The lowest BCUT2D eigenvalue weighted by molar-refractivity contribution is -0.154. The van der Waals surface area contributed by atoms with E-state index in [0.717, 1.165) is 0 Å². The molecule has 1 amide bonds. The molecule has 0 fully saturated rings. The number of rotatable bonds is 20. The van der Waals surface area contributed by atoms with Crippen LogP contribution in [-0.2, 0) is 42.9 Å².